The van der Waals surface area contributed by atoms with Crippen LogP contribution in [0, 0.1) is 11.7 Å². The average molecular weight is 361 g/mol. The highest BCUT2D eigenvalue weighted by atomic mass is 19.1. The lowest BCUT2D eigenvalue weighted by Gasteiger charge is -2.33. The Hall–Kier alpha value is -1.95. The van der Waals surface area contributed by atoms with E-state index >= 15 is 0 Å². The number of halogens is 1. The second-order valence-electron chi connectivity index (χ2n) is 7.46. The Balaban J connectivity index is 1.42. The van der Waals surface area contributed by atoms with E-state index in [2.05, 4.69) is 4.90 Å². The maximum Gasteiger partial charge on any atom is 0.236 e. The van der Waals surface area contributed by atoms with E-state index in [1.165, 1.54) is 12.1 Å². The van der Waals surface area contributed by atoms with E-state index in [0.29, 0.717) is 19.0 Å². The van der Waals surface area contributed by atoms with E-state index in [9.17, 15) is 14.0 Å². The van der Waals surface area contributed by atoms with Crippen LogP contribution in [0.3, 0.4) is 0 Å². The highest BCUT2D eigenvalue weighted by Crippen LogP contribution is 2.22. The van der Waals surface area contributed by atoms with E-state index in [-0.39, 0.29) is 17.6 Å². The van der Waals surface area contributed by atoms with Crippen molar-refractivity contribution in [2.45, 2.75) is 32.2 Å². The fourth-order valence-corrected chi connectivity index (χ4v) is 3.80. The summed E-state index contributed by atoms with van der Waals surface area (Å²) in [5.41, 5.74) is 0.914. The summed E-state index contributed by atoms with van der Waals surface area (Å²) in [5, 5.41) is 0. The lowest BCUT2D eigenvalue weighted by atomic mass is 9.95. The minimum absolute atomic E-state index is 0.0543. The van der Waals surface area contributed by atoms with E-state index in [0.717, 1.165) is 57.4 Å². The van der Waals surface area contributed by atoms with Gasteiger partial charge in [0.05, 0.1) is 6.54 Å². The lowest BCUT2D eigenvalue weighted by Crippen LogP contribution is -2.45. The van der Waals surface area contributed by atoms with Gasteiger partial charge in [-0.05, 0) is 56.5 Å². The third kappa shape index (κ3) is 4.81. The van der Waals surface area contributed by atoms with Crippen LogP contribution in [0.4, 0.5) is 4.39 Å². The fourth-order valence-electron chi connectivity index (χ4n) is 3.80. The molecule has 2 fully saturated rings. The van der Waals surface area contributed by atoms with Crippen molar-refractivity contribution in [2.75, 3.05) is 39.8 Å². The molecular formula is C20H28FN3O2. The van der Waals surface area contributed by atoms with Gasteiger partial charge in [0, 0.05) is 32.6 Å². The number of likely N-dealkylation sites (N-methyl/N-ethyl adjacent to an activating group) is 1. The zero-order chi connectivity index (χ0) is 18.5. The Kier molecular flexibility index (Phi) is 6.25. The van der Waals surface area contributed by atoms with Gasteiger partial charge in [0.2, 0.25) is 11.8 Å². The summed E-state index contributed by atoms with van der Waals surface area (Å²) in [6.45, 7) is 4.25. The molecule has 2 saturated heterocycles. The Morgan fingerprint density at radius 2 is 1.69 bits per heavy atom. The molecule has 0 spiro atoms. The highest BCUT2D eigenvalue weighted by molar-refractivity contribution is 5.79. The Morgan fingerprint density at radius 1 is 1.08 bits per heavy atom. The maximum absolute atomic E-state index is 13.0. The first kappa shape index (κ1) is 18.8. The van der Waals surface area contributed by atoms with Gasteiger partial charge in [-0.25, -0.2) is 4.39 Å². The number of benzene rings is 1. The Labute approximate surface area is 154 Å². The van der Waals surface area contributed by atoms with Gasteiger partial charge in [0.1, 0.15) is 5.82 Å². The molecule has 0 aromatic heterocycles. The second kappa shape index (κ2) is 8.62. The number of nitrogens with zero attached hydrogens (tertiary/aromatic N) is 3. The molecule has 0 radical (unpaired) electrons. The van der Waals surface area contributed by atoms with Crippen LogP contribution < -0.4 is 0 Å². The standard InChI is InChI=1S/C20H28FN3O2/c1-22(14-16-4-6-18(21)7-5-16)19(25)15-23-12-8-17(9-13-23)20(26)24-10-2-3-11-24/h4-7,17H,2-3,8-15H2,1H3. The van der Waals surface area contributed by atoms with E-state index in [4.69, 9.17) is 0 Å². The van der Waals surface area contributed by atoms with Crippen LogP contribution in [0.1, 0.15) is 31.2 Å². The summed E-state index contributed by atoms with van der Waals surface area (Å²) in [6, 6.07) is 6.23. The van der Waals surface area contributed by atoms with Gasteiger partial charge < -0.3 is 9.80 Å². The first-order valence-electron chi connectivity index (χ1n) is 9.52. The summed E-state index contributed by atoms with van der Waals surface area (Å²) in [4.78, 5) is 30.7. The number of amides is 2. The summed E-state index contributed by atoms with van der Waals surface area (Å²) in [7, 11) is 1.77. The molecule has 6 heteroatoms. The molecule has 142 valence electrons. The van der Waals surface area contributed by atoms with Crippen LogP contribution >= 0.6 is 0 Å². The Morgan fingerprint density at radius 3 is 2.31 bits per heavy atom. The molecule has 1 aromatic rings. The first-order valence-corrected chi connectivity index (χ1v) is 9.52. The third-order valence-electron chi connectivity index (χ3n) is 5.47. The SMILES string of the molecule is CN(Cc1ccc(F)cc1)C(=O)CN1CCC(C(=O)N2CCCC2)CC1. The molecular weight excluding hydrogens is 333 g/mol. The summed E-state index contributed by atoms with van der Waals surface area (Å²) in [6.07, 6.45) is 3.92. The molecule has 2 heterocycles. The maximum atomic E-state index is 13.0. The second-order valence-corrected chi connectivity index (χ2v) is 7.46. The van der Waals surface area contributed by atoms with Gasteiger partial charge >= 0.3 is 0 Å². The van der Waals surface area contributed by atoms with E-state index in [1.807, 2.05) is 4.90 Å². The molecule has 0 aliphatic carbocycles. The van der Waals surface area contributed by atoms with Crippen molar-refractivity contribution < 1.29 is 14.0 Å². The molecule has 2 amide bonds. The van der Waals surface area contributed by atoms with Crippen molar-refractivity contribution in [3.8, 4) is 0 Å². The molecule has 0 bridgehead atoms. The normalized spacial score (nSPS) is 18.9. The van der Waals surface area contributed by atoms with Crippen molar-refractivity contribution in [1.82, 2.24) is 14.7 Å². The summed E-state index contributed by atoms with van der Waals surface area (Å²) in [5.74, 6) is 0.214. The Bertz CT molecular complexity index is 620. The molecule has 26 heavy (non-hydrogen) atoms. The van der Waals surface area contributed by atoms with Gasteiger partial charge in [0.15, 0.2) is 0 Å². The van der Waals surface area contributed by atoms with Gasteiger partial charge in [-0.15, -0.1) is 0 Å². The van der Waals surface area contributed by atoms with Crippen molar-refractivity contribution in [3.63, 3.8) is 0 Å². The van der Waals surface area contributed by atoms with Crippen LogP contribution in [0.15, 0.2) is 24.3 Å². The molecule has 3 rings (SSSR count). The number of hydrogen-bond donors (Lipinski definition) is 0. The average Bonchev–Trinajstić information content (AvgIpc) is 3.18. The molecule has 0 N–H and O–H groups in total. The predicted molar refractivity (Wildman–Crippen MR) is 97.9 cm³/mol. The zero-order valence-electron chi connectivity index (χ0n) is 15.5. The van der Waals surface area contributed by atoms with Gasteiger partial charge in [0.25, 0.3) is 0 Å². The fraction of sp³-hybridized carbons (Fsp3) is 0.600. The molecule has 5 nitrogen and oxygen atoms in total. The van der Waals surface area contributed by atoms with Crippen LogP contribution in [0.25, 0.3) is 0 Å². The topological polar surface area (TPSA) is 43.9 Å². The minimum atomic E-state index is -0.269. The molecule has 2 aliphatic rings. The number of piperidine rings is 1. The van der Waals surface area contributed by atoms with Crippen LogP contribution in [0.2, 0.25) is 0 Å². The monoisotopic (exact) mass is 361 g/mol. The van der Waals surface area contributed by atoms with Gasteiger partial charge in [-0.3, -0.25) is 14.5 Å². The molecule has 1 aromatic carbocycles. The predicted octanol–water partition coefficient (Wildman–Crippen LogP) is 2.12. The lowest BCUT2D eigenvalue weighted by molar-refractivity contribution is -0.136. The third-order valence-corrected chi connectivity index (χ3v) is 5.47. The van der Waals surface area contributed by atoms with Crippen molar-refractivity contribution in [3.05, 3.63) is 35.6 Å². The number of carbonyl (C=O) groups is 2. The van der Waals surface area contributed by atoms with Crippen LogP contribution in [0.5, 0.6) is 0 Å². The van der Waals surface area contributed by atoms with E-state index in [1.54, 1.807) is 24.1 Å². The first-order chi connectivity index (χ1) is 12.5. The van der Waals surface area contributed by atoms with Gasteiger partial charge in [-0.2, -0.15) is 0 Å². The zero-order valence-corrected chi connectivity index (χ0v) is 15.5. The van der Waals surface area contributed by atoms with E-state index < -0.39 is 0 Å². The largest absolute Gasteiger partial charge is 0.342 e. The molecule has 0 atom stereocenters. The highest BCUT2D eigenvalue weighted by Gasteiger charge is 2.30. The van der Waals surface area contributed by atoms with Crippen molar-refractivity contribution >= 4 is 11.8 Å². The van der Waals surface area contributed by atoms with Gasteiger partial charge in [-0.1, -0.05) is 12.1 Å². The van der Waals surface area contributed by atoms with Crippen molar-refractivity contribution in [2.24, 2.45) is 5.92 Å². The molecule has 2 aliphatic heterocycles. The van der Waals surface area contributed by atoms with Crippen LogP contribution in [-0.4, -0.2) is 66.3 Å². The molecule has 0 unspecified atom stereocenters. The number of rotatable bonds is 5. The molecule has 0 saturated carbocycles. The summed E-state index contributed by atoms with van der Waals surface area (Å²) >= 11 is 0. The number of likely N-dealkylation sites (tertiary alicyclic amines) is 2. The summed E-state index contributed by atoms with van der Waals surface area (Å²) < 4.78 is 13.0. The minimum Gasteiger partial charge on any atom is -0.342 e. The number of hydrogen-bond acceptors (Lipinski definition) is 3. The number of carbonyl (C=O) groups excluding carboxylic acids is 2. The van der Waals surface area contributed by atoms with Crippen molar-refractivity contribution in [1.29, 1.82) is 0 Å². The quantitative estimate of drug-likeness (QED) is 0.807. The van der Waals surface area contributed by atoms with Crippen LogP contribution in [-0.2, 0) is 16.1 Å². The smallest absolute Gasteiger partial charge is 0.236 e.